The predicted octanol–water partition coefficient (Wildman–Crippen LogP) is 7.55. The highest BCUT2D eigenvalue weighted by molar-refractivity contribution is 6.00. The van der Waals surface area contributed by atoms with E-state index in [9.17, 15) is 57.5 Å². The molecule has 194 valence electrons. The van der Waals surface area contributed by atoms with E-state index in [1.165, 1.54) is 0 Å². The summed E-state index contributed by atoms with van der Waals surface area (Å²) < 4.78 is 158. The zero-order valence-corrected chi connectivity index (χ0v) is 16.9. The molecule has 16 heteroatoms. The second-order valence-electron chi connectivity index (χ2n) is 6.92. The molecule has 2 rings (SSSR count). The zero-order valence-electron chi connectivity index (χ0n) is 16.9. The summed E-state index contributed by atoms with van der Waals surface area (Å²) in [5.41, 5.74) is -4.89. The number of nitrogens with one attached hydrogen (secondary N) is 2. The molecule has 0 fully saturated rings. The van der Waals surface area contributed by atoms with E-state index in [-0.39, 0.29) is 29.4 Å². The summed E-state index contributed by atoms with van der Waals surface area (Å²) in [7, 11) is 0. The highest BCUT2D eigenvalue weighted by atomic mass is 19.4. The van der Waals surface area contributed by atoms with Gasteiger partial charge in [-0.2, -0.15) is 48.3 Å². The lowest BCUT2D eigenvalue weighted by Gasteiger charge is -2.24. The fourth-order valence-electron chi connectivity index (χ4n) is 2.55. The molecule has 0 bridgehead atoms. The quantitative estimate of drug-likeness (QED) is 0.394. The highest BCUT2D eigenvalue weighted by Crippen LogP contribution is 2.39. The average Bonchev–Trinajstić information content (AvgIpc) is 2.67. The number of halogens is 12. The molecule has 2 N–H and O–H groups in total. The number of anilines is 2. The number of aryl methyl sites for hydroxylation is 1. The number of benzene rings is 2. The van der Waals surface area contributed by atoms with Crippen molar-refractivity contribution >= 4 is 17.4 Å². The number of rotatable bonds is 5. The minimum Gasteiger partial charge on any atom is -0.430 e. The number of carbonyl (C=O) groups is 1. The van der Waals surface area contributed by atoms with Crippen molar-refractivity contribution in [2.24, 2.45) is 0 Å². The molecule has 0 aromatic heterocycles. The summed E-state index contributed by atoms with van der Waals surface area (Å²) in [5, 5.41) is 3.72. The molecule has 4 nitrogen and oxygen atoms in total. The van der Waals surface area contributed by atoms with Crippen LogP contribution in [-0.2, 0) is 12.4 Å². The Balaban J connectivity index is 2.19. The Hall–Kier alpha value is -3.33. The third-order valence-corrected chi connectivity index (χ3v) is 4.11. The predicted molar refractivity (Wildman–Crippen MR) is 96.8 cm³/mol. The maximum absolute atomic E-state index is 13.4. The second kappa shape index (κ2) is 9.37. The van der Waals surface area contributed by atoms with Gasteiger partial charge in [-0.15, -0.1) is 0 Å². The average molecular weight is 528 g/mol. The molecule has 2 amide bonds. The SMILES string of the molecule is Cc1cc(NC(=O)Nc2cc(C(F)(F)F)cc(C(F)(F)F)c2)ccc1OC(F)(F)C(F)C(F)(F)F. The van der Waals surface area contributed by atoms with Gasteiger partial charge in [-0.25, -0.2) is 9.18 Å². The number of urea groups is 1. The van der Waals surface area contributed by atoms with E-state index in [1.807, 2.05) is 5.32 Å². The molecule has 1 unspecified atom stereocenters. The molecule has 2 aromatic rings. The number of carbonyl (C=O) groups excluding carboxylic acids is 1. The minimum absolute atomic E-state index is 0.165. The summed E-state index contributed by atoms with van der Waals surface area (Å²) in [6, 6.07) is 1.23. The maximum atomic E-state index is 13.4. The van der Waals surface area contributed by atoms with Gasteiger partial charge in [-0.1, -0.05) is 0 Å². The molecular formula is C19H12F12N2O2. The largest absolute Gasteiger partial charge is 0.439 e. The van der Waals surface area contributed by atoms with E-state index in [0.717, 1.165) is 19.1 Å². The van der Waals surface area contributed by atoms with E-state index in [2.05, 4.69) is 4.74 Å². The molecular weight excluding hydrogens is 516 g/mol. The summed E-state index contributed by atoms with van der Waals surface area (Å²) >= 11 is 0. The van der Waals surface area contributed by atoms with Crippen LogP contribution < -0.4 is 15.4 Å². The van der Waals surface area contributed by atoms with Gasteiger partial charge in [-0.3, -0.25) is 0 Å². The lowest BCUT2D eigenvalue weighted by molar-refractivity contribution is -0.305. The fraction of sp³-hybridized carbons (Fsp3) is 0.316. The topological polar surface area (TPSA) is 50.4 Å². The fourth-order valence-corrected chi connectivity index (χ4v) is 2.55. The first-order valence-electron chi connectivity index (χ1n) is 8.96. The van der Waals surface area contributed by atoms with Gasteiger partial charge in [0.2, 0.25) is 0 Å². The van der Waals surface area contributed by atoms with Crippen LogP contribution in [0.5, 0.6) is 5.75 Å². The Morgan fingerprint density at radius 1 is 0.771 bits per heavy atom. The third-order valence-electron chi connectivity index (χ3n) is 4.11. The van der Waals surface area contributed by atoms with Gasteiger partial charge in [0.1, 0.15) is 5.75 Å². The van der Waals surface area contributed by atoms with Crippen LogP contribution in [0.1, 0.15) is 16.7 Å². The van der Waals surface area contributed by atoms with Crippen LogP contribution in [0.3, 0.4) is 0 Å². The Morgan fingerprint density at radius 3 is 1.69 bits per heavy atom. The first-order chi connectivity index (χ1) is 15.7. The van der Waals surface area contributed by atoms with Crippen molar-refractivity contribution in [3.63, 3.8) is 0 Å². The summed E-state index contributed by atoms with van der Waals surface area (Å²) in [4.78, 5) is 12.0. The molecule has 0 heterocycles. The standard InChI is InChI=1S/C19H12F12N2O2/c1-8-4-11(2-3-13(8)35-19(30,31)14(20)18(27,28)29)32-15(34)33-12-6-9(16(21,22)23)5-10(7-12)17(24,25)26/h2-7,14H,1H3,(H2,32,33,34). The maximum Gasteiger partial charge on any atom is 0.439 e. The van der Waals surface area contributed by atoms with E-state index < -0.39 is 59.4 Å². The van der Waals surface area contributed by atoms with Crippen molar-refractivity contribution in [2.75, 3.05) is 10.6 Å². The van der Waals surface area contributed by atoms with E-state index >= 15 is 0 Å². The van der Waals surface area contributed by atoms with Gasteiger partial charge < -0.3 is 15.4 Å². The first-order valence-corrected chi connectivity index (χ1v) is 8.96. The van der Waals surface area contributed by atoms with Crippen LogP contribution in [-0.4, -0.2) is 24.5 Å². The van der Waals surface area contributed by atoms with Gasteiger partial charge in [0, 0.05) is 11.4 Å². The summed E-state index contributed by atoms with van der Waals surface area (Å²) in [5.74, 6) is -0.902. The number of alkyl halides is 12. The molecule has 0 aliphatic heterocycles. The lowest BCUT2D eigenvalue weighted by Crippen LogP contribution is -2.45. The van der Waals surface area contributed by atoms with Crippen molar-refractivity contribution in [2.45, 2.75) is 37.7 Å². The van der Waals surface area contributed by atoms with Crippen LogP contribution in [0.15, 0.2) is 36.4 Å². The molecule has 0 radical (unpaired) electrons. The van der Waals surface area contributed by atoms with Crippen molar-refractivity contribution in [1.82, 2.24) is 0 Å². The lowest BCUT2D eigenvalue weighted by atomic mass is 10.1. The molecule has 0 saturated carbocycles. The number of ether oxygens (including phenoxy) is 1. The Labute approximate surface area is 187 Å². The van der Waals surface area contributed by atoms with Crippen LogP contribution in [0.4, 0.5) is 68.9 Å². The normalized spacial score (nSPS) is 13.9. The number of hydrogen-bond donors (Lipinski definition) is 2. The Morgan fingerprint density at radius 2 is 1.26 bits per heavy atom. The minimum atomic E-state index is -5.92. The van der Waals surface area contributed by atoms with Crippen LogP contribution in [0.2, 0.25) is 0 Å². The van der Waals surface area contributed by atoms with Gasteiger partial charge in [-0.05, 0) is 48.9 Å². The second-order valence-corrected chi connectivity index (χ2v) is 6.92. The van der Waals surface area contributed by atoms with E-state index in [1.54, 1.807) is 5.32 Å². The van der Waals surface area contributed by atoms with E-state index in [0.29, 0.717) is 6.07 Å². The number of amides is 2. The molecule has 35 heavy (non-hydrogen) atoms. The monoisotopic (exact) mass is 528 g/mol. The molecule has 1 atom stereocenters. The zero-order chi connectivity index (χ0) is 27.0. The van der Waals surface area contributed by atoms with Gasteiger partial charge in [0.15, 0.2) is 0 Å². The summed E-state index contributed by atoms with van der Waals surface area (Å²) in [6.45, 7) is 1.03. The third kappa shape index (κ3) is 7.32. The summed E-state index contributed by atoms with van der Waals surface area (Å²) in [6.07, 6.45) is -26.2. The molecule has 0 aliphatic rings. The Bertz CT molecular complexity index is 1040. The van der Waals surface area contributed by atoms with Gasteiger partial charge in [0.25, 0.3) is 6.17 Å². The molecule has 0 aliphatic carbocycles. The molecule has 0 saturated heterocycles. The van der Waals surface area contributed by atoms with Crippen LogP contribution in [0.25, 0.3) is 0 Å². The van der Waals surface area contributed by atoms with Crippen LogP contribution in [0, 0.1) is 6.92 Å². The van der Waals surface area contributed by atoms with Gasteiger partial charge >= 0.3 is 30.7 Å². The highest BCUT2D eigenvalue weighted by Gasteiger charge is 2.59. The smallest absolute Gasteiger partial charge is 0.430 e. The van der Waals surface area contributed by atoms with Crippen molar-refractivity contribution in [3.05, 3.63) is 53.1 Å². The van der Waals surface area contributed by atoms with Crippen molar-refractivity contribution in [3.8, 4) is 5.75 Å². The molecule has 0 spiro atoms. The first kappa shape index (κ1) is 27.9. The van der Waals surface area contributed by atoms with E-state index in [4.69, 9.17) is 0 Å². The Kier molecular flexibility index (Phi) is 7.47. The van der Waals surface area contributed by atoms with Crippen molar-refractivity contribution in [1.29, 1.82) is 0 Å². The van der Waals surface area contributed by atoms with Crippen molar-refractivity contribution < 1.29 is 62.2 Å². The van der Waals surface area contributed by atoms with Gasteiger partial charge in [0.05, 0.1) is 11.1 Å². The molecule has 2 aromatic carbocycles. The van der Waals surface area contributed by atoms with Crippen LogP contribution >= 0.6 is 0 Å². The number of hydrogen-bond acceptors (Lipinski definition) is 2.